The normalized spacial score (nSPS) is 17.5. The van der Waals surface area contributed by atoms with Crippen LogP contribution in [0.1, 0.15) is 31.2 Å². The molecule has 0 atom stereocenters. The van der Waals surface area contributed by atoms with Crippen molar-refractivity contribution in [2.45, 2.75) is 37.5 Å². The van der Waals surface area contributed by atoms with Crippen LogP contribution >= 0.6 is 23.4 Å². The van der Waals surface area contributed by atoms with Crippen molar-refractivity contribution in [3.63, 3.8) is 0 Å². The number of carbonyl (C=O) groups is 1. The van der Waals surface area contributed by atoms with Gasteiger partial charge in [-0.2, -0.15) is 0 Å². The van der Waals surface area contributed by atoms with Crippen LogP contribution in [0.15, 0.2) is 12.1 Å². The van der Waals surface area contributed by atoms with Crippen LogP contribution in [0.5, 0.6) is 11.5 Å². The van der Waals surface area contributed by atoms with Gasteiger partial charge in [0.1, 0.15) is 13.2 Å². The van der Waals surface area contributed by atoms with Crippen LogP contribution in [0, 0.1) is 0 Å². The number of hydrogen-bond donors (Lipinski definition) is 1. The molecule has 22 heavy (non-hydrogen) atoms. The molecule has 0 spiro atoms. The van der Waals surface area contributed by atoms with E-state index in [-0.39, 0.29) is 5.91 Å². The minimum absolute atomic E-state index is 0.126. The Labute approximate surface area is 139 Å². The number of halogens is 1. The molecule has 1 heterocycles. The molecule has 1 N–H and O–H groups in total. The molecule has 1 aliphatic carbocycles. The number of carbonyl (C=O) groups excluding carboxylic acids is 1. The van der Waals surface area contributed by atoms with Gasteiger partial charge in [0, 0.05) is 11.8 Å². The summed E-state index contributed by atoms with van der Waals surface area (Å²) in [6, 6.07) is 4.22. The van der Waals surface area contributed by atoms with Crippen LogP contribution < -0.4 is 14.8 Å². The molecule has 1 amide bonds. The summed E-state index contributed by atoms with van der Waals surface area (Å²) in [4.78, 5) is 11.9. The van der Waals surface area contributed by atoms with E-state index in [2.05, 4.69) is 5.32 Å². The molecule has 1 aromatic rings. The molecule has 0 aromatic heterocycles. The predicted octanol–water partition coefficient (Wildman–Crippen LogP) is 3.40. The number of fused-ring (bicyclic) bond motifs is 1. The Kier molecular flexibility index (Phi) is 5.37. The summed E-state index contributed by atoms with van der Waals surface area (Å²) < 4.78 is 11.1. The van der Waals surface area contributed by atoms with Gasteiger partial charge in [0.05, 0.1) is 10.8 Å². The van der Waals surface area contributed by atoms with Gasteiger partial charge in [-0.05, 0) is 30.5 Å². The van der Waals surface area contributed by atoms with Crippen LogP contribution in [0.3, 0.4) is 0 Å². The number of nitrogens with one attached hydrogen (secondary N) is 1. The highest BCUT2D eigenvalue weighted by atomic mass is 35.5. The van der Waals surface area contributed by atoms with Gasteiger partial charge in [0.15, 0.2) is 11.5 Å². The number of hydrogen-bond acceptors (Lipinski definition) is 4. The molecule has 1 fully saturated rings. The molecule has 0 saturated heterocycles. The standard InChI is InChI=1S/C16H20ClNO3S/c17-13-7-11(8-14-16(13)21-6-5-20-14)9-22-10-15(19)18-12-3-1-2-4-12/h7-8,12H,1-6,9-10H2,(H,18,19). The zero-order valence-electron chi connectivity index (χ0n) is 12.4. The Morgan fingerprint density at radius 2 is 2.05 bits per heavy atom. The van der Waals surface area contributed by atoms with E-state index in [0.717, 1.165) is 24.2 Å². The second-order valence-electron chi connectivity index (χ2n) is 5.64. The number of rotatable bonds is 5. The highest BCUT2D eigenvalue weighted by molar-refractivity contribution is 7.99. The number of amides is 1. The summed E-state index contributed by atoms with van der Waals surface area (Å²) in [5, 5.41) is 3.67. The van der Waals surface area contributed by atoms with Crippen molar-refractivity contribution in [2.24, 2.45) is 0 Å². The molecule has 1 aromatic carbocycles. The van der Waals surface area contributed by atoms with Crippen LogP contribution in [0.25, 0.3) is 0 Å². The van der Waals surface area contributed by atoms with Gasteiger partial charge in [-0.3, -0.25) is 4.79 Å². The largest absolute Gasteiger partial charge is 0.486 e. The average Bonchev–Trinajstić information content (AvgIpc) is 3.00. The minimum Gasteiger partial charge on any atom is -0.486 e. The van der Waals surface area contributed by atoms with Gasteiger partial charge in [-0.15, -0.1) is 11.8 Å². The molecule has 3 rings (SSSR count). The first-order valence-electron chi connectivity index (χ1n) is 7.67. The minimum atomic E-state index is 0.126. The molecule has 0 unspecified atom stereocenters. The van der Waals surface area contributed by atoms with Crippen molar-refractivity contribution in [3.8, 4) is 11.5 Å². The SMILES string of the molecule is O=C(CSCc1cc(Cl)c2c(c1)OCCO2)NC1CCCC1. The van der Waals surface area contributed by atoms with Gasteiger partial charge in [0.25, 0.3) is 0 Å². The number of ether oxygens (including phenoxy) is 2. The molecule has 6 heteroatoms. The van der Waals surface area contributed by atoms with E-state index in [9.17, 15) is 4.79 Å². The van der Waals surface area contributed by atoms with Crippen molar-refractivity contribution in [1.82, 2.24) is 5.32 Å². The second kappa shape index (κ2) is 7.47. The van der Waals surface area contributed by atoms with Crippen molar-refractivity contribution in [3.05, 3.63) is 22.7 Å². The smallest absolute Gasteiger partial charge is 0.230 e. The molecule has 1 saturated carbocycles. The lowest BCUT2D eigenvalue weighted by atomic mass is 10.2. The topological polar surface area (TPSA) is 47.6 Å². The summed E-state index contributed by atoms with van der Waals surface area (Å²) in [6.45, 7) is 1.08. The highest BCUT2D eigenvalue weighted by Crippen LogP contribution is 2.39. The molecule has 120 valence electrons. The quantitative estimate of drug-likeness (QED) is 0.891. The lowest BCUT2D eigenvalue weighted by molar-refractivity contribution is -0.119. The fourth-order valence-electron chi connectivity index (χ4n) is 2.85. The van der Waals surface area contributed by atoms with Gasteiger partial charge < -0.3 is 14.8 Å². The van der Waals surface area contributed by atoms with Crippen LogP contribution in [-0.2, 0) is 10.5 Å². The van der Waals surface area contributed by atoms with E-state index >= 15 is 0 Å². The Morgan fingerprint density at radius 3 is 2.86 bits per heavy atom. The Morgan fingerprint density at radius 1 is 1.27 bits per heavy atom. The van der Waals surface area contributed by atoms with E-state index in [1.165, 1.54) is 12.8 Å². The van der Waals surface area contributed by atoms with Crippen molar-refractivity contribution in [1.29, 1.82) is 0 Å². The second-order valence-corrected chi connectivity index (χ2v) is 7.04. The maximum atomic E-state index is 11.9. The molecular formula is C16H20ClNO3S. The zero-order chi connectivity index (χ0) is 15.4. The fraction of sp³-hybridized carbons (Fsp3) is 0.562. The summed E-state index contributed by atoms with van der Waals surface area (Å²) in [5.74, 6) is 2.66. The van der Waals surface area contributed by atoms with Crippen LogP contribution in [0.4, 0.5) is 0 Å². The maximum Gasteiger partial charge on any atom is 0.230 e. The van der Waals surface area contributed by atoms with E-state index in [1.54, 1.807) is 11.8 Å². The zero-order valence-corrected chi connectivity index (χ0v) is 14.0. The number of thioether (sulfide) groups is 1. The molecule has 2 aliphatic rings. The fourth-order valence-corrected chi connectivity index (χ4v) is 3.91. The first-order chi connectivity index (χ1) is 10.7. The summed E-state index contributed by atoms with van der Waals surface area (Å²) in [7, 11) is 0. The summed E-state index contributed by atoms with van der Waals surface area (Å²) in [6.07, 6.45) is 4.70. The molecule has 0 bridgehead atoms. The molecular weight excluding hydrogens is 322 g/mol. The third-order valence-corrected chi connectivity index (χ3v) is 5.16. The van der Waals surface area contributed by atoms with Crippen molar-refractivity contribution >= 4 is 29.3 Å². The van der Waals surface area contributed by atoms with E-state index in [1.807, 2.05) is 12.1 Å². The van der Waals surface area contributed by atoms with E-state index in [0.29, 0.717) is 41.5 Å². The van der Waals surface area contributed by atoms with Crippen LogP contribution in [0.2, 0.25) is 5.02 Å². The number of benzene rings is 1. The third kappa shape index (κ3) is 4.02. The monoisotopic (exact) mass is 341 g/mol. The average molecular weight is 342 g/mol. The maximum absolute atomic E-state index is 11.9. The summed E-state index contributed by atoms with van der Waals surface area (Å²) in [5.41, 5.74) is 1.05. The van der Waals surface area contributed by atoms with Gasteiger partial charge in [-0.25, -0.2) is 0 Å². The van der Waals surface area contributed by atoms with Crippen molar-refractivity contribution < 1.29 is 14.3 Å². The van der Waals surface area contributed by atoms with Crippen LogP contribution in [-0.4, -0.2) is 30.9 Å². The van der Waals surface area contributed by atoms with Gasteiger partial charge in [-0.1, -0.05) is 24.4 Å². The lowest BCUT2D eigenvalue weighted by Crippen LogP contribution is -2.33. The van der Waals surface area contributed by atoms with Gasteiger partial charge in [0.2, 0.25) is 5.91 Å². The lowest BCUT2D eigenvalue weighted by Gasteiger charge is -2.20. The Bertz CT molecular complexity index is 546. The highest BCUT2D eigenvalue weighted by Gasteiger charge is 2.18. The summed E-state index contributed by atoms with van der Waals surface area (Å²) >= 11 is 7.80. The molecule has 1 aliphatic heterocycles. The van der Waals surface area contributed by atoms with Crippen molar-refractivity contribution in [2.75, 3.05) is 19.0 Å². The third-order valence-electron chi connectivity index (χ3n) is 3.88. The first-order valence-corrected chi connectivity index (χ1v) is 9.21. The molecule has 0 radical (unpaired) electrons. The van der Waals surface area contributed by atoms with Gasteiger partial charge >= 0.3 is 0 Å². The first kappa shape index (κ1) is 15.8. The van der Waals surface area contributed by atoms with E-state index in [4.69, 9.17) is 21.1 Å². The predicted molar refractivity (Wildman–Crippen MR) is 89.0 cm³/mol. The Hall–Kier alpha value is -1.07. The Balaban J connectivity index is 1.49. The molecule has 4 nitrogen and oxygen atoms in total. The van der Waals surface area contributed by atoms with E-state index < -0.39 is 0 Å².